The SMILES string of the molecule is CC(O)CCNc1nc(Cl)ncc1Cl. The molecule has 1 rings (SSSR count). The van der Waals surface area contributed by atoms with E-state index in [0.717, 1.165) is 0 Å². The van der Waals surface area contributed by atoms with Crippen LogP contribution in [0.2, 0.25) is 10.3 Å². The lowest BCUT2D eigenvalue weighted by molar-refractivity contribution is 0.188. The molecule has 0 aliphatic carbocycles. The van der Waals surface area contributed by atoms with Crippen LogP contribution in [0.4, 0.5) is 5.82 Å². The maximum atomic E-state index is 9.02. The number of nitrogens with zero attached hydrogens (tertiary/aromatic N) is 2. The summed E-state index contributed by atoms with van der Waals surface area (Å²) in [6.45, 7) is 2.31. The summed E-state index contributed by atoms with van der Waals surface area (Å²) in [6.07, 6.45) is 1.71. The van der Waals surface area contributed by atoms with Crippen molar-refractivity contribution in [3.63, 3.8) is 0 Å². The quantitative estimate of drug-likeness (QED) is 0.784. The van der Waals surface area contributed by atoms with E-state index in [1.54, 1.807) is 6.92 Å². The van der Waals surface area contributed by atoms with Gasteiger partial charge in [-0.05, 0) is 24.9 Å². The van der Waals surface area contributed by atoms with E-state index in [0.29, 0.717) is 23.8 Å². The lowest BCUT2D eigenvalue weighted by atomic mass is 10.3. The van der Waals surface area contributed by atoms with Crippen molar-refractivity contribution in [1.82, 2.24) is 9.97 Å². The van der Waals surface area contributed by atoms with Gasteiger partial charge < -0.3 is 10.4 Å². The standard InChI is InChI=1S/C8H11Cl2N3O/c1-5(14)2-3-11-7-6(9)4-12-8(10)13-7/h4-5,14H,2-3H2,1H3,(H,11,12,13). The first-order valence-electron chi connectivity index (χ1n) is 4.19. The molecule has 1 unspecified atom stereocenters. The molecule has 0 radical (unpaired) electrons. The zero-order valence-electron chi connectivity index (χ0n) is 7.67. The first-order valence-corrected chi connectivity index (χ1v) is 4.95. The largest absolute Gasteiger partial charge is 0.393 e. The van der Waals surface area contributed by atoms with Crippen molar-refractivity contribution in [3.8, 4) is 0 Å². The summed E-state index contributed by atoms with van der Waals surface area (Å²) in [4.78, 5) is 7.61. The van der Waals surface area contributed by atoms with E-state index in [1.165, 1.54) is 6.20 Å². The van der Waals surface area contributed by atoms with Crippen molar-refractivity contribution in [2.45, 2.75) is 19.4 Å². The van der Waals surface area contributed by atoms with E-state index < -0.39 is 0 Å². The minimum atomic E-state index is -0.349. The van der Waals surface area contributed by atoms with E-state index in [2.05, 4.69) is 15.3 Å². The Balaban J connectivity index is 2.53. The number of hydrogen-bond donors (Lipinski definition) is 2. The molecule has 0 aromatic carbocycles. The highest BCUT2D eigenvalue weighted by Crippen LogP contribution is 2.19. The zero-order chi connectivity index (χ0) is 10.6. The van der Waals surface area contributed by atoms with Gasteiger partial charge in [-0.15, -0.1) is 0 Å². The predicted molar refractivity (Wildman–Crippen MR) is 56.8 cm³/mol. The van der Waals surface area contributed by atoms with Crippen LogP contribution in [0.15, 0.2) is 6.20 Å². The van der Waals surface area contributed by atoms with E-state index >= 15 is 0 Å². The van der Waals surface area contributed by atoms with Gasteiger partial charge in [-0.2, -0.15) is 4.98 Å². The van der Waals surface area contributed by atoms with Gasteiger partial charge in [0.25, 0.3) is 0 Å². The molecule has 0 fully saturated rings. The van der Waals surface area contributed by atoms with Crippen LogP contribution in [0, 0.1) is 0 Å². The number of halogens is 2. The fourth-order valence-corrected chi connectivity index (χ4v) is 1.16. The van der Waals surface area contributed by atoms with Crippen LogP contribution >= 0.6 is 23.2 Å². The van der Waals surface area contributed by atoms with Crippen molar-refractivity contribution < 1.29 is 5.11 Å². The van der Waals surface area contributed by atoms with Gasteiger partial charge in [0, 0.05) is 6.54 Å². The van der Waals surface area contributed by atoms with E-state index in [9.17, 15) is 0 Å². The summed E-state index contributed by atoms with van der Waals surface area (Å²) in [6, 6.07) is 0. The van der Waals surface area contributed by atoms with Crippen molar-refractivity contribution in [3.05, 3.63) is 16.5 Å². The van der Waals surface area contributed by atoms with Gasteiger partial charge in [-0.25, -0.2) is 4.98 Å². The number of aromatic nitrogens is 2. The fraction of sp³-hybridized carbons (Fsp3) is 0.500. The minimum Gasteiger partial charge on any atom is -0.393 e. The summed E-state index contributed by atoms with van der Waals surface area (Å²) >= 11 is 11.4. The molecule has 0 aliphatic heterocycles. The molecule has 0 spiro atoms. The molecule has 0 aliphatic rings. The molecular weight excluding hydrogens is 225 g/mol. The Hall–Kier alpha value is -0.580. The van der Waals surface area contributed by atoms with Crippen LogP contribution in [0.1, 0.15) is 13.3 Å². The Morgan fingerprint density at radius 1 is 1.57 bits per heavy atom. The molecular formula is C8H11Cl2N3O. The van der Waals surface area contributed by atoms with Crippen LogP contribution < -0.4 is 5.32 Å². The molecule has 0 amide bonds. The molecule has 14 heavy (non-hydrogen) atoms. The van der Waals surface area contributed by atoms with Gasteiger partial charge in [0.05, 0.1) is 12.3 Å². The first-order chi connectivity index (χ1) is 6.59. The summed E-state index contributed by atoms with van der Waals surface area (Å²) < 4.78 is 0. The van der Waals surface area contributed by atoms with Gasteiger partial charge in [0.1, 0.15) is 10.8 Å². The Morgan fingerprint density at radius 3 is 2.93 bits per heavy atom. The van der Waals surface area contributed by atoms with Gasteiger partial charge in [0.15, 0.2) is 0 Å². The highest BCUT2D eigenvalue weighted by atomic mass is 35.5. The number of nitrogens with one attached hydrogen (secondary N) is 1. The van der Waals surface area contributed by atoms with Crippen LogP contribution in [0.25, 0.3) is 0 Å². The summed E-state index contributed by atoms with van der Waals surface area (Å²) in [5.74, 6) is 0.493. The lowest BCUT2D eigenvalue weighted by Crippen LogP contribution is -2.11. The third kappa shape index (κ3) is 3.65. The second-order valence-electron chi connectivity index (χ2n) is 2.90. The predicted octanol–water partition coefficient (Wildman–Crippen LogP) is 1.97. The van der Waals surface area contributed by atoms with Gasteiger partial charge in [-0.3, -0.25) is 0 Å². The molecule has 1 heterocycles. The molecule has 0 saturated heterocycles. The van der Waals surface area contributed by atoms with Crippen LogP contribution in [0.3, 0.4) is 0 Å². The van der Waals surface area contributed by atoms with Crippen LogP contribution in [-0.2, 0) is 0 Å². The third-order valence-electron chi connectivity index (χ3n) is 1.57. The van der Waals surface area contributed by atoms with E-state index in [-0.39, 0.29) is 11.4 Å². The Bertz CT molecular complexity index is 307. The number of aliphatic hydroxyl groups excluding tert-OH is 1. The molecule has 6 heteroatoms. The summed E-state index contributed by atoms with van der Waals surface area (Å²) in [7, 11) is 0. The fourth-order valence-electron chi connectivity index (χ4n) is 0.869. The molecule has 78 valence electrons. The van der Waals surface area contributed by atoms with E-state index in [4.69, 9.17) is 28.3 Å². The summed E-state index contributed by atoms with van der Waals surface area (Å²) in [5, 5.41) is 12.5. The van der Waals surface area contributed by atoms with Crippen molar-refractivity contribution in [1.29, 1.82) is 0 Å². The average Bonchev–Trinajstić information content (AvgIpc) is 2.10. The molecule has 0 saturated carbocycles. The highest BCUT2D eigenvalue weighted by molar-refractivity contribution is 6.33. The topological polar surface area (TPSA) is 58.0 Å². The Kier molecular flexibility index (Phi) is 4.38. The number of aliphatic hydroxyl groups is 1. The maximum absolute atomic E-state index is 9.02. The third-order valence-corrected chi connectivity index (χ3v) is 2.03. The monoisotopic (exact) mass is 235 g/mol. The Labute approximate surface area is 92.3 Å². The molecule has 0 bridgehead atoms. The van der Waals surface area contributed by atoms with Crippen molar-refractivity contribution in [2.24, 2.45) is 0 Å². The van der Waals surface area contributed by atoms with Gasteiger partial charge in [-0.1, -0.05) is 11.6 Å². The second kappa shape index (κ2) is 5.34. The molecule has 4 nitrogen and oxygen atoms in total. The zero-order valence-corrected chi connectivity index (χ0v) is 9.18. The van der Waals surface area contributed by atoms with Gasteiger partial charge in [0.2, 0.25) is 5.28 Å². The average molecular weight is 236 g/mol. The van der Waals surface area contributed by atoms with Gasteiger partial charge >= 0.3 is 0 Å². The molecule has 2 N–H and O–H groups in total. The molecule has 1 aromatic rings. The van der Waals surface area contributed by atoms with Crippen LogP contribution in [-0.4, -0.2) is 27.7 Å². The summed E-state index contributed by atoms with van der Waals surface area (Å²) in [5.41, 5.74) is 0. The van der Waals surface area contributed by atoms with Crippen molar-refractivity contribution >= 4 is 29.0 Å². The van der Waals surface area contributed by atoms with Crippen molar-refractivity contribution in [2.75, 3.05) is 11.9 Å². The number of anilines is 1. The number of hydrogen-bond acceptors (Lipinski definition) is 4. The normalized spacial score (nSPS) is 12.6. The molecule has 1 atom stereocenters. The second-order valence-corrected chi connectivity index (χ2v) is 3.65. The Morgan fingerprint density at radius 2 is 2.29 bits per heavy atom. The van der Waals surface area contributed by atoms with E-state index in [1.807, 2.05) is 0 Å². The smallest absolute Gasteiger partial charge is 0.224 e. The number of rotatable bonds is 4. The molecule has 1 aromatic heterocycles. The minimum absolute atomic E-state index is 0.147. The maximum Gasteiger partial charge on any atom is 0.224 e. The first kappa shape index (κ1) is 11.5. The van der Waals surface area contributed by atoms with Crippen LogP contribution in [0.5, 0.6) is 0 Å². The lowest BCUT2D eigenvalue weighted by Gasteiger charge is -2.08. The highest BCUT2D eigenvalue weighted by Gasteiger charge is 2.03.